The third kappa shape index (κ3) is 5.05. The molecular formula is C15H21N3O6S. The van der Waals surface area contributed by atoms with Gasteiger partial charge in [0.2, 0.25) is 11.8 Å². The summed E-state index contributed by atoms with van der Waals surface area (Å²) in [6.07, 6.45) is 2.52. The van der Waals surface area contributed by atoms with Crippen LogP contribution < -0.4 is 10.6 Å². The van der Waals surface area contributed by atoms with E-state index in [1.165, 1.54) is 17.2 Å². The number of hydrogen-bond donors (Lipinski definition) is 2. The molecule has 2 heterocycles. The first-order chi connectivity index (χ1) is 11.7. The van der Waals surface area contributed by atoms with E-state index < -0.39 is 39.5 Å². The van der Waals surface area contributed by atoms with Crippen LogP contribution in [-0.4, -0.2) is 68.2 Å². The van der Waals surface area contributed by atoms with Gasteiger partial charge in [-0.15, -0.1) is 0 Å². The molecule has 1 aromatic heterocycles. The quantitative estimate of drug-likeness (QED) is 0.671. The Kier molecular flexibility index (Phi) is 5.83. The van der Waals surface area contributed by atoms with E-state index in [1.807, 2.05) is 0 Å². The molecule has 1 fully saturated rings. The molecule has 3 amide bonds. The van der Waals surface area contributed by atoms with Crippen LogP contribution in [0.3, 0.4) is 0 Å². The Bertz CT molecular complexity index is 743. The van der Waals surface area contributed by atoms with E-state index in [0.717, 1.165) is 6.26 Å². The summed E-state index contributed by atoms with van der Waals surface area (Å²) in [5.74, 6) is -2.05. The van der Waals surface area contributed by atoms with E-state index in [9.17, 15) is 22.8 Å². The third-order valence-electron chi connectivity index (χ3n) is 3.74. The van der Waals surface area contributed by atoms with Crippen molar-refractivity contribution in [2.45, 2.75) is 25.4 Å². The molecule has 1 aliphatic heterocycles. The summed E-state index contributed by atoms with van der Waals surface area (Å²) in [5, 5.41) is 5.32. The van der Waals surface area contributed by atoms with E-state index in [0.29, 0.717) is 6.54 Å². The second-order valence-electron chi connectivity index (χ2n) is 5.91. The average molecular weight is 371 g/mol. The van der Waals surface area contributed by atoms with Crippen LogP contribution in [0.2, 0.25) is 0 Å². The minimum Gasteiger partial charge on any atom is -0.459 e. The number of rotatable bonds is 6. The maximum absolute atomic E-state index is 12.3. The lowest BCUT2D eigenvalue weighted by Crippen LogP contribution is -2.47. The van der Waals surface area contributed by atoms with Crippen LogP contribution in [0.25, 0.3) is 0 Å². The minimum absolute atomic E-state index is 0.0581. The largest absolute Gasteiger partial charge is 0.459 e. The molecule has 0 radical (unpaired) electrons. The topological polar surface area (TPSA) is 126 Å². The Morgan fingerprint density at radius 1 is 1.36 bits per heavy atom. The van der Waals surface area contributed by atoms with Crippen LogP contribution in [0.4, 0.5) is 0 Å². The van der Waals surface area contributed by atoms with Crippen molar-refractivity contribution in [1.29, 1.82) is 0 Å². The summed E-state index contributed by atoms with van der Waals surface area (Å²) in [6, 6.07) is 1.77. The molecule has 25 heavy (non-hydrogen) atoms. The maximum Gasteiger partial charge on any atom is 0.287 e. The zero-order valence-corrected chi connectivity index (χ0v) is 14.8. The highest BCUT2D eigenvalue weighted by molar-refractivity contribution is 7.91. The molecule has 1 aliphatic rings. The van der Waals surface area contributed by atoms with Crippen molar-refractivity contribution < 1.29 is 27.2 Å². The molecule has 138 valence electrons. The van der Waals surface area contributed by atoms with Crippen molar-refractivity contribution in [3.63, 3.8) is 0 Å². The number of nitrogens with zero attached hydrogens (tertiary/aromatic N) is 1. The van der Waals surface area contributed by atoms with Gasteiger partial charge < -0.3 is 20.0 Å². The Morgan fingerprint density at radius 3 is 2.64 bits per heavy atom. The zero-order chi connectivity index (χ0) is 18.6. The number of amides is 3. The molecular weight excluding hydrogens is 350 g/mol. The van der Waals surface area contributed by atoms with Crippen LogP contribution in [0.1, 0.15) is 23.9 Å². The number of sulfone groups is 1. The Labute approximate surface area is 145 Å². The van der Waals surface area contributed by atoms with E-state index in [4.69, 9.17) is 4.42 Å². The van der Waals surface area contributed by atoms with Gasteiger partial charge in [0.15, 0.2) is 15.6 Å². The van der Waals surface area contributed by atoms with E-state index in [1.54, 1.807) is 13.0 Å². The first-order valence-electron chi connectivity index (χ1n) is 7.80. The number of furan rings is 1. The fourth-order valence-electron chi connectivity index (χ4n) is 2.73. The Balaban J connectivity index is 2.11. The lowest BCUT2D eigenvalue weighted by Gasteiger charge is -2.23. The molecule has 0 saturated carbocycles. The summed E-state index contributed by atoms with van der Waals surface area (Å²) in [7, 11) is -3.52. The summed E-state index contributed by atoms with van der Waals surface area (Å²) in [5.41, 5.74) is 0. The first kappa shape index (κ1) is 19.0. The molecule has 1 aromatic rings. The average Bonchev–Trinajstić information content (AvgIpc) is 3.15. The molecule has 2 atom stereocenters. The molecule has 0 aliphatic carbocycles. The van der Waals surface area contributed by atoms with E-state index >= 15 is 0 Å². The van der Waals surface area contributed by atoms with Gasteiger partial charge in [-0.2, -0.15) is 0 Å². The smallest absolute Gasteiger partial charge is 0.287 e. The molecule has 1 saturated heterocycles. The number of nitrogens with one attached hydrogen (secondary N) is 2. The molecule has 2 N–H and O–H groups in total. The molecule has 0 bridgehead atoms. The summed E-state index contributed by atoms with van der Waals surface area (Å²) < 4.78 is 27.8. The predicted molar refractivity (Wildman–Crippen MR) is 88.5 cm³/mol. The second kappa shape index (κ2) is 7.68. The molecule has 0 spiro atoms. The monoisotopic (exact) mass is 371 g/mol. The fraction of sp³-hybridized carbons (Fsp3) is 0.533. The predicted octanol–water partition coefficient (Wildman–Crippen LogP) is -0.840. The highest BCUT2D eigenvalue weighted by atomic mass is 32.2. The molecule has 2 rings (SSSR count). The van der Waals surface area contributed by atoms with Crippen molar-refractivity contribution in [2.24, 2.45) is 0 Å². The van der Waals surface area contributed by atoms with Crippen molar-refractivity contribution in [3.8, 4) is 0 Å². The summed E-state index contributed by atoms with van der Waals surface area (Å²) >= 11 is 0. The van der Waals surface area contributed by atoms with Crippen molar-refractivity contribution in [2.75, 3.05) is 25.1 Å². The third-order valence-corrected chi connectivity index (χ3v) is 4.51. The molecule has 9 nitrogen and oxygen atoms in total. The summed E-state index contributed by atoms with van der Waals surface area (Å²) in [4.78, 5) is 37.7. The summed E-state index contributed by atoms with van der Waals surface area (Å²) in [6.45, 7) is 2.18. The van der Waals surface area contributed by atoms with Crippen LogP contribution in [0.15, 0.2) is 22.8 Å². The van der Waals surface area contributed by atoms with Crippen LogP contribution in [-0.2, 0) is 19.4 Å². The van der Waals surface area contributed by atoms with Gasteiger partial charge in [0, 0.05) is 25.4 Å². The molecule has 0 unspecified atom stereocenters. The number of carbonyl (C=O) groups is 3. The normalized spacial score (nSPS) is 20.3. The van der Waals surface area contributed by atoms with Crippen molar-refractivity contribution in [3.05, 3.63) is 24.2 Å². The Morgan fingerprint density at radius 2 is 2.08 bits per heavy atom. The first-order valence-corrected chi connectivity index (χ1v) is 9.86. The highest BCUT2D eigenvalue weighted by Gasteiger charge is 2.40. The van der Waals surface area contributed by atoms with E-state index in [-0.39, 0.29) is 24.6 Å². The number of likely N-dealkylation sites (N-methyl/N-ethyl adjacent to an activating group) is 1. The van der Waals surface area contributed by atoms with Gasteiger partial charge in [-0.3, -0.25) is 14.4 Å². The van der Waals surface area contributed by atoms with Crippen LogP contribution in [0.5, 0.6) is 0 Å². The van der Waals surface area contributed by atoms with Gasteiger partial charge >= 0.3 is 0 Å². The number of likely N-dealkylation sites (tertiary alicyclic amines) is 1. The van der Waals surface area contributed by atoms with Crippen LogP contribution in [0, 0.1) is 0 Å². The lowest BCUT2D eigenvalue weighted by atomic mass is 10.1. The lowest BCUT2D eigenvalue weighted by molar-refractivity contribution is -0.136. The molecule has 10 heteroatoms. The van der Waals surface area contributed by atoms with Crippen molar-refractivity contribution in [1.82, 2.24) is 15.5 Å². The zero-order valence-electron chi connectivity index (χ0n) is 14.0. The van der Waals surface area contributed by atoms with Crippen LogP contribution >= 0.6 is 0 Å². The number of hydrogen-bond acceptors (Lipinski definition) is 6. The van der Waals surface area contributed by atoms with Gasteiger partial charge in [0.05, 0.1) is 6.26 Å². The van der Waals surface area contributed by atoms with Crippen molar-refractivity contribution >= 4 is 27.6 Å². The van der Waals surface area contributed by atoms with Gasteiger partial charge in [-0.25, -0.2) is 8.42 Å². The van der Waals surface area contributed by atoms with E-state index in [2.05, 4.69) is 10.6 Å². The van der Waals surface area contributed by atoms with Gasteiger partial charge in [0.25, 0.3) is 5.91 Å². The molecule has 0 aromatic carbocycles. The minimum atomic E-state index is -3.52. The second-order valence-corrected chi connectivity index (χ2v) is 8.05. The van der Waals surface area contributed by atoms with Gasteiger partial charge in [-0.1, -0.05) is 0 Å². The Hall–Kier alpha value is -2.36. The number of carbonyl (C=O) groups excluding carboxylic acids is 3. The van der Waals surface area contributed by atoms with Gasteiger partial charge in [-0.05, 0) is 25.5 Å². The fourth-order valence-corrected chi connectivity index (χ4v) is 3.34. The SMILES string of the molecule is CCNC(=O)[C@@H]1C[C@H](NC(=O)c2ccco2)CN1C(=O)CS(C)(=O)=O. The maximum atomic E-state index is 12.3. The highest BCUT2D eigenvalue weighted by Crippen LogP contribution is 2.19. The standard InChI is InChI=1S/C15H21N3O6S/c1-3-16-14(20)11-7-10(17-15(21)12-5-4-6-24-12)8-18(11)13(19)9-25(2,22)23/h4-6,10-11H,3,7-9H2,1-2H3,(H,16,20)(H,17,21)/t10-,11-/m0/s1. The van der Waals surface area contributed by atoms with Gasteiger partial charge in [0.1, 0.15) is 11.8 Å².